The second-order valence-electron chi connectivity index (χ2n) is 12.9. The summed E-state index contributed by atoms with van der Waals surface area (Å²) in [6, 6.07) is 0.535. The highest BCUT2D eigenvalue weighted by Gasteiger charge is 2.35. The van der Waals surface area contributed by atoms with E-state index in [0.29, 0.717) is 24.0 Å². The van der Waals surface area contributed by atoms with Crippen LogP contribution in [-0.2, 0) is 19.1 Å². The first kappa shape index (κ1) is 32.3. The molecule has 0 unspecified atom stereocenters. The molecule has 0 radical (unpaired) electrons. The summed E-state index contributed by atoms with van der Waals surface area (Å²) >= 11 is 0. The van der Waals surface area contributed by atoms with E-state index in [1.165, 1.54) is 12.8 Å². The van der Waals surface area contributed by atoms with Crippen molar-refractivity contribution >= 4 is 11.9 Å². The maximum Gasteiger partial charge on any atom is 0.326 e. The van der Waals surface area contributed by atoms with Crippen LogP contribution in [-0.4, -0.2) is 98.6 Å². The van der Waals surface area contributed by atoms with Gasteiger partial charge >= 0.3 is 5.97 Å². The Morgan fingerprint density at radius 1 is 0.897 bits per heavy atom. The van der Waals surface area contributed by atoms with Crippen molar-refractivity contribution in [2.45, 2.75) is 110 Å². The van der Waals surface area contributed by atoms with E-state index in [-0.39, 0.29) is 30.6 Å². The quantitative estimate of drug-likeness (QED) is 0.319. The summed E-state index contributed by atoms with van der Waals surface area (Å²) in [4.78, 5) is 29.0. The summed E-state index contributed by atoms with van der Waals surface area (Å²) < 4.78 is 11.5. The first-order chi connectivity index (χ1) is 18.6. The molecule has 0 spiro atoms. The summed E-state index contributed by atoms with van der Waals surface area (Å²) in [6.07, 6.45) is 9.14. The van der Waals surface area contributed by atoms with Gasteiger partial charge in [0.15, 0.2) is 0 Å². The average Bonchev–Trinajstić information content (AvgIpc) is 2.91. The minimum absolute atomic E-state index is 0.0175. The molecule has 1 heterocycles. The average molecular weight is 552 g/mol. The molecule has 0 aromatic carbocycles. The summed E-state index contributed by atoms with van der Waals surface area (Å²) in [7, 11) is 1.72. The Labute approximate surface area is 237 Å². The number of carbonyl (C=O) groups excluding carboxylic acids is 2. The lowest BCUT2D eigenvalue weighted by atomic mass is 9.75. The smallest absolute Gasteiger partial charge is 0.326 e. The van der Waals surface area contributed by atoms with Gasteiger partial charge in [0, 0.05) is 38.6 Å². The van der Waals surface area contributed by atoms with E-state index < -0.39 is 5.60 Å². The predicted octanol–water partition coefficient (Wildman–Crippen LogP) is 2.94. The molecule has 9 nitrogen and oxygen atoms in total. The third-order valence-electron chi connectivity index (χ3n) is 8.85. The van der Waals surface area contributed by atoms with E-state index in [2.05, 4.69) is 34.7 Å². The highest BCUT2D eigenvalue weighted by Crippen LogP contribution is 2.34. The zero-order valence-corrected chi connectivity index (χ0v) is 25.6. The number of esters is 1. The normalized spacial score (nSPS) is 30.2. The molecular weight excluding hydrogens is 494 g/mol. The Kier molecular flexibility index (Phi) is 13.0. The van der Waals surface area contributed by atoms with Crippen molar-refractivity contribution < 1.29 is 19.1 Å². The van der Waals surface area contributed by atoms with Crippen molar-refractivity contribution in [2.75, 3.05) is 52.9 Å². The molecule has 1 amide bonds. The molecule has 0 atom stereocenters. The Bertz CT molecular complexity index is 732. The molecule has 3 fully saturated rings. The van der Waals surface area contributed by atoms with Crippen LogP contribution in [0.2, 0.25) is 0 Å². The van der Waals surface area contributed by atoms with E-state index in [4.69, 9.17) is 9.47 Å². The number of nitrogens with one attached hydrogen (secondary N) is 3. The standard InChI is InChI=1S/C30H57N5O4/c1-7-35(8-2)17-18-38-26-15-13-25(14-16-26)33-29-31-19-24(20-32-29)22-9-11-23(12-10-22)28(37)34(6)21-27(36)39-30(3,4)5/h22-26,29,31-33H,7-21H2,1-6H3. The fraction of sp³-hybridized carbons (Fsp3) is 0.933. The number of hydrogen-bond acceptors (Lipinski definition) is 8. The van der Waals surface area contributed by atoms with Gasteiger partial charge in [-0.05, 0) is 97.1 Å². The van der Waals surface area contributed by atoms with E-state index in [1.807, 2.05) is 20.8 Å². The summed E-state index contributed by atoms with van der Waals surface area (Å²) in [5, 5.41) is 11.2. The van der Waals surface area contributed by atoms with Gasteiger partial charge < -0.3 is 19.3 Å². The maximum absolute atomic E-state index is 12.9. The number of amides is 1. The second-order valence-corrected chi connectivity index (χ2v) is 12.9. The molecule has 226 valence electrons. The van der Waals surface area contributed by atoms with Gasteiger partial charge in [-0.3, -0.25) is 25.5 Å². The molecule has 9 heteroatoms. The Balaban J connectivity index is 1.28. The molecule has 3 rings (SSSR count). The molecule has 0 aromatic rings. The van der Waals surface area contributed by atoms with Gasteiger partial charge in [0.2, 0.25) is 5.91 Å². The van der Waals surface area contributed by atoms with Gasteiger partial charge in [-0.1, -0.05) is 13.8 Å². The summed E-state index contributed by atoms with van der Waals surface area (Å²) in [6.45, 7) is 16.1. The van der Waals surface area contributed by atoms with E-state index >= 15 is 0 Å². The third-order valence-corrected chi connectivity index (χ3v) is 8.85. The van der Waals surface area contributed by atoms with Crippen molar-refractivity contribution in [3.63, 3.8) is 0 Å². The van der Waals surface area contributed by atoms with Gasteiger partial charge in [-0.15, -0.1) is 0 Å². The van der Waals surface area contributed by atoms with Crippen LogP contribution in [0.4, 0.5) is 0 Å². The third kappa shape index (κ3) is 10.9. The Hall–Kier alpha value is -1.26. The molecule has 39 heavy (non-hydrogen) atoms. The van der Waals surface area contributed by atoms with E-state index in [1.54, 1.807) is 11.9 Å². The molecular formula is C30H57N5O4. The number of rotatable bonds is 12. The lowest BCUT2D eigenvalue weighted by molar-refractivity contribution is -0.159. The van der Waals surface area contributed by atoms with Crippen LogP contribution in [0.3, 0.4) is 0 Å². The Morgan fingerprint density at radius 2 is 1.51 bits per heavy atom. The van der Waals surface area contributed by atoms with Crippen LogP contribution in [0.1, 0.15) is 86.0 Å². The highest BCUT2D eigenvalue weighted by atomic mass is 16.6. The first-order valence-corrected chi connectivity index (χ1v) is 15.6. The second kappa shape index (κ2) is 15.7. The zero-order chi connectivity index (χ0) is 28.4. The van der Waals surface area contributed by atoms with Gasteiger partial charge in [-0.2, -0.15) is 0 Å². The lowest BCUT2D eigenvalue weighted by Gasteiger charge is -2.41. The number of ether oxygens (including phenoxy) is 2. The van der Waals surface area contributed by atoms with Crippen LogP contribution in [0, 0.1) is 17.8 Å². The molecule has 0 aromatic heterocycles. The number of likely N-dealkylation sites (N-methyl/N-ethyl adjacent to an activating group) is 2. The topological polar surface area (TPSA) is 95.2 Å². The van der Waals surface area contributed by atoms with Gasteiger partial charge in [0.1, 0.15) is 18.4 Å². The van der Waals surface area contributed by atoms with Crippen LogP contribution >= 0.6 is 0 Å². The molecule has 3 N–H and O–H groups in total. The number of nitrogens with zero attached hydrogens (tertiary/aromatic N) is 2. The largest absolute Gasteiger partial charge is 0.459 e. The van der Waals surface area contributed by atoms with Gasteiger partial charge in [-0.25, -0.2) is 0 Å². The molecule has 1 aliphatic heterocycles. The van der Waals surface area contributed by atoms with Gasteiger partial charge in [0.25, 0.3) is 0 Å². The van der Waals surface area contributed by atoms with E-state index in [9.17, 15) is 9.59 Å². The molecule has 2 aliphatic carbocycles. The minimum Gasteiger partial charge on any atom is -0.459 e. The fourth-order valence-electron chi connectivity index (χ4n) is 6.45. The Morgan fingerprint density at radius 3 is 2.08 bits per heavy atom. The maximum atomic E-state index is 12.9. The van der Waals surface area contributed by atoms with Crippen molar-refractivity contribution in [3.8, 4) is 0 Å². The fourth-order valence-corrected chi connectivity index (χ4v) is 6.45. The first-order valence-electron chi connectivity index (χ1n) is 15.6. The summed E-state index contributed by atoms with van der Waals surface area (Å²) in [5.74, 6) is 0.974. The van der Waals surface area contributed by atoms with Crippen LogP contribution in [0.25, 0.3) is 0 Å². The monoisotopic (exact) mass is 551 g/mol. The minimum atomic E-state index is -0.533. The zero-order valence-electron chi connectivity index (χ0n) is 25.6. The van der Waals surface area contributed by atoms with Crippen molar-refractivity contribution in [1.82, 2.24) is 25.8 Å². The molecule has 0 bridgehead atoms. The lowest BCUT2D eigenvalue weighted by Crippen LogP contribution is -2.63. The van der Waals surface area contributed by atoms with Crippen molar-refractivity contribution in [2.24, 2.45) is 17.8 Å². The van der Waals surface area contributed by atoms with Crippen LogP contribution in [0.15, 0.2) is 0 Å². The molecule has 2 saturated carbocycles. The van der Waals surface area contributed by atoms with Crippen LogP contribution < -0.4 is 16.0 Å². The van der Waals surface area contributed by atoms with Gasteiger partial charge in [0.05, 0.1) is 12.7 Å². The van der Waals surface area contributed by atoms with Crippen LogP contribution in [0.5, 0.6) is 0 Å². The predicted molar refractivity (Wildman–Crippen MR) is 155 cm³/mol. The molecule has 1 saturated heterocycles. The number of hydrogen-bond donors (Lipinski definition) is 3. The van der Waals surface area contributed by atoms with Crippen molar-refractivity contribution in [1.29, 1.82) is 0 Å². The summed E-state index contributed by atoms with van der Waals surface area (Å²) in [5.41, 5.74) is -0.533. The van der Waals surface area contributed by atoms with E-state index in [0.717, 1.165) is 77.9 Å². The SMILES string of the molecule is CCN(CC)CCOC1CCC(NC2NCC(C3CCC(C(=O)N(C)CC(=O)OC(C)(C)C)CC3)CN2)CC1. The molecule has 3 aliphatic rings. The number of carbonyl (C=O) groups is 2. The highest BCUT2D eigenvalue weighted by molar-refractivity contribution is 5.83. The van der Waals surface area contributed by atoms with Crippen molar-refractivity contribution in [3.05, 3.63) is 0 Å².